The molecular formula is C22H30BrN3O. The number of ether oxygens (including phenoxy) is 1. The van der Waals surface area contributed by atoms with E-state index in [1.54, 1.807) is 0 Å². The molecule has 1 aliphatic heterocycles. The molecule has 4 nitrogen and oxygen atoms in total. The van der Waals surface area contributed by atoms with Gasteiger partial charge in [-0.05, 0) is 62.8 Å². The van der Waals surface area contributed by atoms with E-state index < -0.39 is 0 Å². The van der Waals surface area contributed by atoms with Crippen LogP contribution in [-0.4, -0.2) is 46.5 Å². The second-order valence-corrected chi connectivity index (χ2v) is 9.05. The zero-order chi connectivity index (χ0) is 18.8. The number of hydrogen-bond donors (Lipinski definition) is 0. The Balaban J connectivity index is 1.38. The van der Waals surface area contributed by atoms with Gasteiger partial charge in [-0.15, -0.1) is 0 Å². The smallest absolute Gasteiger partial charge is 0.0658 e. The summed E-state index contributed by atoms with van der Waals surface area (Å²) in [4.78, 5) is 2.74. The van der Waals surface area contributed by atoms with E-state index in [9.17, 15) is 0 Å². The van der Waals surface area contributed by atoms with Gasteiger partial charge in [-0.1, -0.05) is 28.1 Å². The fourth-order valence-electron chi connectivity index (χ4n) is 4.71. The second-order valence-electron chi connectivity index (χ2n) is 8.14. The molecule has 1 aromatic heterocycles. The highest BCUT2D eigenvalue weighted by Gasteiger charge is 2.33. The molecule has 2 heterocycles. The Labute approximate surface area is 171 Å². The molecule has 1 saturated carbocycles. The van der Waals surface area contributed by atoms with Crippen molar-refractivity contribution in [2.24, 2.45) is 7.05 Å². The number of aryl methyl sites for hydroxylation is 2. The van der Waals surface area contributed by atoms with Crippen LogP contribution in [0.3, 0.4) is 0 Å². The van der Waals surface area contributed by atoms with Crippen LogP contribution in [0.2, 0.25) is 0 Å². The predicted octanol–water partition coefficient (Wildman–Crippen LogP) is 4.46. The van der Waals surface area contributed by atoms with Gasteiger partial charge in [0.1, 0.15) is 0 Å². The van der Waals surface area contributed by atoms with E-state index in [1.807, 2.05) is 11.7 Å². The van der Waals surface area contributed by atoms with Crippen molar-refractivity contribution in [2.75, 3.05) is 19.8 Å². The number of hydrogen-bond acceptors (Lipinski definition) is 3. The van der Waals surface area contributed by atoms with Crippen LogP contribution in [0.25, 0.3) is 0 Å². The molecule has 0 N–H and O–H groups in total. The largest absolute Gasteiger partial charge is 0.378 e. The van der Waals surface area contributed by atoms with Crippen LogP contribution in [-0.2, 0) is 18.2 Å². The first-order chi connectivity index (χ1) is 13.1. The van der Waals surface area contributed by atoms with E-state index >= 15 is 0 Å². The van der Waals surface area contributed by atoms with E-state index in [-0.39, 0.29) is 0 Å². The molecule has 0 spiro atoms. The summed E-state index contributed by atoms with van der Waals surface area (Å²) in [6.45, 7) is 4.94. The van der Waals surface area contributed by atoms with Gasteiger partial charge < -0.3 is 4.74 Å². The summed E-state index contributed by atoms with van der Waals surface area (Å²) in [7, 11) is 2.05. The molecule has 1 atom stereocenters. The lowest BCUT2D eigenvalue weighted by molar-refractivity contribution is -0.0367. The first-order valence-electron chi connectivity index (χ1n) is 10.2. The summed E-state index contributed by atoms with van der Waals surface area (Å²) >= 11 is 3.53. The highest BCUT2D eigenvalue weighted by molar-refractivity contribution is 9.10. The minimum absolute atomic E-state index is 0.499. The minimum Gasteiger partial charge on any atom is -0.378 e. The fourth-order valence-corrected chi connectivity index (χ4v) is 4.97. The first kappa shape index (κ1) is 19.2. The van der Waals surface area contributed by atoms with Crippen LogP contribution in [0, 0.1) is 6.92 Å². The third kappa shape index (κ3) is 4.47. The lowest BCUT2D eigenvalue weighted by atomic mass is 9.82. The quantitative estimate of drug-likeness (QED) is 0.715. The fraction of sp³-hybridized carbons (Fsp3) is 0.591. The van der Waals surface area contributed by atoms with Crippen LogP contribution in [0.5, 0.6) is 0 Å². The molecule has 27 heavy (non-hydrogen) atoms. The number of aromatic nitrogens is 2. The van der Waals surface area contributed by atoms with Crippen molar-refractivity contribution in [3.8, 4) is 0 Å². The van der Waals surface area contributed by atoms with Crippen molar-refractivity contribution in [3.05, 3.63) is 51.8 Å². The van der Waals surface area contributed by atoms with Gasteiger partial charge in [0, 0.05) is 41.8 Å². The van der Waals surface area contributed by atoms with Crippen molar-refractivity contribution in [2.45, 2.75) is 57.0 Å². The monoisotopic (exact) mass is 431 g/mol. The van der Waals surface area contributed by atoms with E-state index in [1.165, 1.54) is 42.6 Å². The average molecular weight is 432 g/mol. The number of nitrogens with zero attached hydrogens (tertiary/aromatic N) is 3. The van der Waals surface area contributed by atoms with Crippen LogP contribution >= 0.6 is 15.9 Å². The molecule has 0 radical (unpaired) electrons. The Morgan fingerprint density at radius 3 is 2.56 bits per heavy atom. The highest BCUT2D eigenvalue weighted by Crippen LogP contribution is 2.35. The van der Waals surface area contributed by atoms with Crippen molar-refractivity contribution >= 4 is 15.9 Å². The molecule has 5 heteroatoms. The van der Waals surface area contributed by atoms with Gasteiger partial charge in [0.25, 0.3) is 0 Å². The molecule has 2 fully saturated rings. The third-order valence-electron chi connectivity index (χ3n) is 6.37. The predicted molar refractivity (Wildman–Crippen MR) is 112 cm³/mol. The summed E-state index contributed by atoms with van der Waals surface area (Å²) < 4.78 is 9.00. The number of halogens is 1. The van der Waals surface area contributed by atoms with Crippen LogP contribution in [0.15, 0.2) is 34.8 Å². The summed E-state index contributed by atoms with van der Waals surface area (Å²) in [5.74, 6) is 0.632. The number of morpholine rings is 1. The Hall–Kier alpha value is -1.17. The second kappa shape index (κ2) is 8.46. The van der Waals surface area contributed by atoms with Crippen molar-refractivity contribution in [1.82, 2.24) is 14.7 Å². The van der Waals surface area contributed by atoms with Gasteiger partial charge in [-0.3, -0.25) is 9.58 Å². The molecule has 1 aromatic carbocycles. The Morgan fingerprint density at radius 2 is 1.89 bits per heavy atom. The minimum atomic E-state index is 0.499. The topological polar surface area (TPSA) is 30.3 Å². The Bertz CT molecular complexity index is 730. The van der Waals surface area contributed by atoms with Crippen LogP contribution < -0.4 is 0 Å². The molecular weight excluding hydrogens is 402 g/mol. The maximum Gasteiger partial charge on any atom is 0.0658 e. The van der Waals surface area contributed by atoms with Crippen molar-refractivity contribution in [3.63, 3.8) is 0 Å². The van der Waals surface area contributed by atoms with Crippen LogP contribution in [0.1, 0.15) is 48.6 Å². The van der Waals surface area contributed by atoms with Gasteiger partial charge in [0.05, 0.1) is 18.9 Å². The summed E-state index contributed by atoms with van der Waals surface area (Å²) in [5.41, 5.74) is 3.95. The summed E-state index contributed by atoms with van der Waals surface area (Å²) in [6, 6.07) is 12.2. The maximum atomic E-state index is 5.84. The lowest BCUT2D eigenvalue weighted by Crippen LogP contribution is -2.52. The van der Waals surface area contributed by atoms with Crippen molar-refractivity contribution in [1.29, 1.82) is 0 Å². The van der Waals surface area contributed by atoms with Crippen LogP contribution in [0.4, 0.5) is 0 Å². The Kier molecular flexibility index (Phi) is 6.00. The number of rotatable bonds is 4. The Morgan fingerprint density at radius 1 is 1.15 bits per heavy atom. The maximum absolute atomic E-state index is 5.84. The molecule has 146 valence electrons. The van der Waals surface area contributed by atoms with Gasteiger partial charge in [-0.25, -0.2) is 0 Å². The van der Waals surface area contributed by atoms with Gasteiger partial charge in [-0.2, -0.15) is 5.10 Å². The normalized spacial score (nSPS) is 27.0. The molecule has 4 rings (SSSR count). The first-order valence-corrected chi connectivity index (χ1v) is 11.0. The summed E-state index contributed by atoms with van der Waals surface area (Å²) in [5, 5.41) is 4.73. The SMILES string of the molecule is Cc1cc(C2CCC(N3CCOC[C@@H]3Cc3ccc(Br)cc3)CC2)nn1C. The lowest BCUT2D eigenvalue weighted by Gasteiger charge is -2.43. The third-order valence-corrected chi connectivity index (χ3v) is 6.90. The molecule has 2 aromatic rings. The molecule has 0 amide bonds. The van der Waals surface area contributed by atoms with Gasteiger partial charge >= 0.3 is 0 Å². The zero-order valence-electron chi connectivity index (χ0n) is 16.4. The van der Waals surface area contributed by atoms with Gasteiger partial charge in [0.2, 0.25) is 0 Å². The molecule has 0 bridgehead atoms. The number of benzene rings is 1. The summed E-state index contributed by atoms with van der Waals surface area (Å²) in [6.07, 6.45) is 6.13. The molecule has 1 saturated heterocycles. The van der Waals surface area contributed by atoms with E-state index in [4.69, 9.17) is 9.84 Å². The molecule has 2 aliphatic rings. The van der Waals surface area contributed by atoms with Gasteiger partial charge in [0.15, 0.2) is 0 Å². The molecule has 1 aliphatic carbocycles. The standard InChI is InChI=1S/C22H30BrN3O/c1-16-13-22(24-25(16)2)18-5-9-20(10-6-18)26-11-12-27-15-21(26)14-17-3-7-19(23)8-4-17/h3-4,7-8,13,18,20-21H,5-6,9-12,14-15H2,1-2H3/t18?,20?,21-/m0/s1. The highest BCUT2D eigenvalue weighted by atomic mass is 79.9. The van der Waals surface area contributed by atoms with E-state index in [0.717, 1.165) is 30.7 Å². The zero-order valence-corrected chi connectivity index (χ0v) is 18.0. The van der Waals surface area contributed by atoms with E-state index in [2.05, 4.69) is 58.1 Å². The molecule has 0 unspecified atom stereocenters. The van der Waals surface area contributed by atoms with Crippen molar-refractivity contribution < 1.29 is 4.74 Å². The average Bonchev–Trinajstić information content (AvgIpc) is 3.03. The van der Waals surface area contributed by atoms with E-state index in [0.29, 0.717) is 18.0 Å².